The number of aromatic nitrogens is 2. The molecule has 0 radical (unpaired) electrons. The molecule has 1 unspecified atom stereocenters. The molecule has 2 rings (SSSR count). The molecule has 17 heavy (non-hydrogen) atoms. The quantitative estimate of drug-likeness (QED) is 0.881. The summed E-state index contributed by atoms with van der Waals surface area (Å²) in [4.78, 5) is 4.36. The van der Waals surface area contributed by atoms with E-state index in [1.807, 2.05) is 25.1 Å². The molecule has 1 heterocycles. The Hall–Kier alpha value is -1.68. The van der Waals surface area contributed by atoms with Crippen LogP contribution in [-0.4, -0.2) is 10.1 Å². The summed E-state index contributed by atoms with van der Waals surface area (Å²) in [5.74, 6) is 1.14. The fourth-order valence-corrected chi connectivity index (χ4v) is 1.66. The van der Waals surface area contributed by atoms with Crippen LogP contribution in [0.4, 0.5) is 0 Å². The van der Waals surface area contributed by atoms with Gasteiger partial charge in [-0.1, -0.05) is 35.5 Å². The van der Waals surface area contributed by atoms with Crippen LogP contribution in [0.25, 0.3) is 0 Å². The molecule has 0 fully saturated rings. The van der Waals surface area contributed by atoms with E-state index < -0.39 is 0 Å². The maximum atomic E-state index is 5.71. The lowest BCUT2D eigenvalue weighted by Gasteiger charge is -2.20. The number of hydrogen-bond acceptors (Lipinski definition) is 4. The summed E-state index contributed by atoms with van der Waals surface area (Å²) in [7, 11) is 0. The van der Waals surface area contributed by atoms with Gasteiger partial charge in [-0.05, 0) is 26.3 Å². The van der Waals surface area contributed by atoms with E-state index in [4.69, 9.17) is 10.3 Å². The third-order valence-corrected chi connectivity index (χ3v) is 2.89. The predicted octanol–water partition coefficient (Wildman–Crippen LogP) is 2.42. The second kappa shape index (κ2) is 4.30. The van der Waals surface area contributed by atoms with Gasteiger partial charge in [0.05, 0.1) is 11.5 Å². The normalized spacial score (nSPS) is 13.6. The maximum Gasteiger partial charge on any atom is 0.243 e. The smallest absolute Gasteiger partial charge is 0.243 e. The fourth-order valence-electron chi connectivity index (χ4n) is 1.66. The molecule has 0 aliphatic rings. The summed E-state index contributed by atoms with van der Waals surface area (Å²) in [6, 6.07) is 9.88. The highest BCUT2D eigenvalue weighted by Crippen LogP contribution is 2.29. The molecule has 1 aromatic heterocycles. The molecule has 2 N–H and O–H groups in total. The van der Waals surface area contributed by atoms with Crippen molar-refractivity contribution in [3.8, 4) is 0 Å². The van der Waals surface area contributed by atoms with Crippen LogP contribution in [0.2, 0.25) is 0 Å². The number of rotatable bonds is 3. The Kier molecular flexibility index (Phi) is 2.98. The average molecular weight is 231 g/mol. The van der Waals surface area contributed by atoms with E-state index >= 15 is 0 Å². The molecule has 1 aromatic carbocycles. The summed E-state index contributed by atoms with van der Waals surface area (Å²) in [5.41, 5.74) is 6.58. The second-order valence-corrected chi connectivity index (χ2v) is 4.74. The molecule has 0 aliphatic carbocycles. The zero-order valence-electron chi connectivity index (χ0n) is 10.3. The van der Waals surface area contributed by atoms with Crippen LogP contribution in [0.1, 0.15) is 44.1 Å². The van der Waals surface area contributed by atoms with Crippen LogP contribution in [0, 0.1) is 0 Å². The molecular weight excluding hydrogens is 214 g/mol. The Labute approximate surface area is 101 Å². The van der Waals surface area contributed by atoms with Gasteiger partial charge in [-0.15, -0.1) is 0 Å². The van der Waals surface area contributed by atoms with Gasteiger partial charge in [-0.25, -0.2) is 0 Å². The maximum absolute atomic E-state index is 5.71. The fraction of sp³-hybridized carbons (Fsp3) is 0.385. The van der Waals surface area contributed by atoms with Crippen molar-refractivity contribution in [2.45, 2.75) is 32.2 Å². The van der Waals surface area contributed by atoms with Crippen LogP contribution >= 0.6 is 0 Å². The molecule has 0 amide bonds. The molecule has 0 bridgehead atoms. The lowest BCUT2D eigenvalue weighted by Crippen LogP contribution is -2.21. The Morgan fingerprint density at radius 3 is 2.41 bits per heavy atom. The highest BCUT2D eigenvalue weighted by molar-refractivity contribution is 5.30. The van der Waals surface area contributed by atoms with E-state index in [9.17, 15) is 0 Å². The SMILES string of the molecule is CC(N)c1nc(C(C)(C)c2ccccc2)no1. The summed E-state index contributed by atoms with van der Waals surface area (Å²) in [6.45, 7) is 5.96. The topological polar surface area (TPSA) is 64.9 Å². The summed E-state index contributed by atoms with van der Waals surface area (Å²) < 4.78 is 5.15. The summed E-state index contributed by atoms with van der Waals surface area (Å²) in [6.07, 6.45) is 0. The van der Waals surface area contributed by atoms with Crippen molar-refractivity contribution in [1.82, 2.24) is 10.1 Å². The summed E-state index contributed by atoms with van der Waals surface area (Å²) >= 11 is 0. The van der Waals surface area contributed by atoms with Gasteiger partial charge in [0, 0.05) is 0 Å². The largest absolute Gasteiger partial charge is 0.338 e. The Morgan fingerprint density at radius 1 is 1.24 bits per heavy atom. The minimum absolute atomic E-state index is 0.233. The van der Waals surface area contributed by atoms with Crippen molar-refractivity contribution < 1.29 is 4.52 Å². The van der Waals surface area contributed by atoms with Gasteiger partial charge in [0.2, 0.25) is 5.89 Å². The lowest BCUT2D eigenvalue weighted by molar-refractivity contribution is 0.351. The molecular formula is C13H17N3O. The van der Waals surface area contributed by atoms with Gasteiger partial charge in [0.15, 0.2) is 5.82 Å². The van der Waals surface area contributed by atoms with Crippen molar-refractivity contribution in [1.29, 1.82) is 0 Å². The Bertz CT molecular complexity index is 488. The van der Waals surface area contributed by atoms with Gasteiger partial charge in [-0.2, -0.15) is 4.98 Å². The van der Waals surface area contributed by atoms with Gasteiger partial charge in [0.1, 0.15) is 0 Å². The van der Waals surface area contributed by atoms with Crippen LogP contribution in [0.3, 0.4) is 0 Å². The zero-order valence-corrected chi connectivity index (χ0v) is 10.3. The van der Waals surface area contributed by atoms with E-state index in [0.717, 1.165) is 5.56 Å². The highest BCUT2D eigenvalue weighted by atomic mass is 16.5. The van der Waals surface area contributed by atoms with Crippen molar-refractivity contribution in [2.75, 3.05) is 0 Å². The van der Waals surface area contributed by atoms with E-state index in [0.29, 0.717) is 11.7 Å². The lowest BCUT2D eigenvalue weighted by atomic mass is 9.84. The van der Waals surface area contributed by atoms with Gasteiger partial charge >= 0.3 is 0 Å². The van der Waals surface area contributed by atoms with Crippen LogP contribution in [0.5, 0.6) is 0 Å². The van der Waals surface area contributed by atoms with Crippen molar-refractivity contribution in [3.05, 3.63) is 47.6 Å². The second-order valence-electron chi connectivity index (χ2n) is 4.74. The number of hydrogen-bond donors (Lipinski definition) is 1. The van der Waals surface area contributed by atoms with Gasteiger partial charge in [-0.3, -0.25) is 0 Å². The predicted molar refractivity (Wildman–Crippen MR) is 65.5 cm³/mol. The Morgan fingerprint density at radius 2 is 1.88 bits per heavy atom. The molecule has 0 saturated heterocycles. The minimum Gasteiger partial charge on any atom is -0.338 e. The first-order chi connectivity index (χ1) is 8.01. The molecule has 2 aromatic rings. The third-order valence-electron chi connectivity index (χ3n) is 2.89. The van der Waals surface area contributed by atoms with E-state index in [-0.39, 0.29) is 11.5 Å². The molecule has 1 atom stereocenters. The van der Waals surface area contributed by atoms with Gasteiger partial charge < -0.3 is 10.3 Å². The molecule has 90 valence electrons. The number of benzene rings is 1. The summed E-state index contributed by atoms with van der Waals surface area (Å²) in [5, 5.41) is 4.02. The first-order valence-corrected chi connectivity index (χ1v) is 5.67. The van der Waals surface area contributed by atoms with E-state index in [2.05, 4.69) is 36.1 Å². The molecule has 4 heteroatoms. The van der Waals surface area contributed by atoms with Gasteiger partial charge in [0.25, 0.3) is 0 Å². The van der Waals surface area contributed by atoms with Crippen LogP contribution < -0.4 is 5.73 Å². The standard InChI is InChI=1S/C13H17N3O/c1-9(14)11-15-12(16-17-11)13(2,3)10-7-5-4-6-8-10/h4-9H,14H2,1-3H3. The number of nitrogens with two attached hydrogens (primary N) is 1. The zero-order chi connectivity index (χ0) is 12.5. The monoisotopic (exact) mass is 231 g/mol. The Balaban J connectivity index is 2.37. The van der Waals surface area contributed by atoms with Crippen LogP contribution in [0.15, 0.2) is 34.9 Å². The first-order valence-electron chi connectivity index (χ1n) is 5.67. The molecule has 0 saturated carbocycles. The minimum atomic E-state index is -0.280. The van der Waals surface area contributed by atoms with Crippen molar-refractivity contribution in [2.24, 2.45) is 5.73 Å². The molecule has 0 aliphatic heterocycles. The molecule has 0 spiro atoms. The molecule has 4 nitrogen and oxygen atoms in total. The van der Waals surface area contributed by atoms with Crippen molar-refractivity contribution >= 4 is 0 Å². The highest BCUT2D eigenvalue weighted by Gasteiger charge is 2.29. The third kappa shape index (κ3) is 2.22. The average Bonchev–Trinajstić information content (AvgIpc) is 2.80. The van der Waals surface area contributed by atoms with Crippen molar-refractivity contribution in [3.63, 3.8) is 0 Å². The number of nitrogens with zero attached hydrogens (tertiary/aromatic N) is 2. The van der Waals surface area contributed by atoms with E-state index in [1.165, 1.54) is 0 Å². The first kappa shape index (κ1) is 11.8. The van der Waals surface area contributed by atoms with Crippen LogP contribution in [-0.2, 0) is 5.41 Å². The van der Waals surface area contributed by atoms with E-state index in [1.54, 1.807) is 0 Å².